The molecule has 3 heterocycles. The van der Waals surface area contributed by atoms with Gasteiger partial charge in [0.1, 0.15) is 11.5 Å². The summed E-state index contributed by atoms with van der Waals surface area (Å²) < 4.78 is 12.7. The molecule has 8 nitrogen and oxygen atoms in total. The molecule has 1 aliphatic rings. The summed E-state index contributed by atoms with van der Waals surface area (Å²) in [6.07, 6.45) is 4.00. The highest BCUT2D eigenvalue weighted by Crippen LogP contribution is 2.12. The third-order valence-electron chi connectivity index (χ3n) is 4.39. The van der Waals surface area contributed by atoms with E-state index in [9.17, 15) is 9.59 Å². The molecule has 8 heteroatoms. The Kier molecular flexibility index (Phi) is 5.72. The highest BCUT2D eigenvalue weighted by Gasteiger charge is 2.24. The maximum Gasteiger partial charge on any atom is 0.293 e. The van der Waals surface area contributed by atoms with Gasteiger partial charge in [-0.3, -0.25) is 9.59 Å². The van der Waals surface area contributed by atoms with E-state index in [-0.39, 0.29) is 23.4 Å². The first-order valence-electron chi connectivity index (χ1n) is 8.73. The van der Waals surface area contributed by atoms with Gasteiger partial charge in [-0.25, -0.2) is 4.98 Å². The molecule has 0 saturated carbocycles. The Balaban J connectivity index is 1.49. The summed E-state index contributed by atoms with van der Waals surface area (Å²) in [4.78, 5) is 30.3. The van der Waals surface area contributed by atoms with Crippen LogP contribution >= 0.6 is 0 Å². The van der Waals surface area contributed by atoms with Crippen LogP contribution < -0.4 is 10.9 Å². The minimum Gasteiger partial charge on any atom is -0.466 e. The average Bonchev–Trinajstić information content (AvgIpc) is 3.06. The van der Waals surface area contributed by atoms with Crippen LogP contribution in [0.4, 0.5) is 5.82 Å². The van der Waals surface area contributed by atoms with Crippen molar-refractivity contribution in [3.8, 4) is 0 Å². The van der Waals surface area contributed by atoms with Crippen molar-refractivity contribution in [1.29, 1.82) is 0 Å². The van der Waals surface area contributed by atoms with E-state index in [1.165, 1.54) is 4.57 Å². The molecular weight excluding hydrogens is 336 g/mol. The third kappa shape index (κ3) is 4.51. The first kappa shape index (κ1) is 18.2. The van der Waals surface area contributed by atoms with Gasteiger partial charge in [0, 0.05) is 51.9 Å². The standard InChI is InChI=1S/C18H24N4O4/c1-13-3-4-14(26-13)5-6-16(23)22-9-10-25-15(12-22)11-20-17-18(24)21(2)8-7-19-17/h3-4,7-8,15H,5-6,9-12H2,1-2H3,(H,19,20). The summed E-state index contributed by atoms with van der Waals surface area (Å²) in [6, 6.07) is 3.81. The fourth-order valence-electron chi connectivity index (χ4n) is 2.91. The van der Waals surface area contributed by atoms with Gasteiger partial charge < -0.3 is 23.9 Å². The number of rotatable bonds is 6. The Labute approximate surface area is 151 Å². The van der Waals surface area contributed by atoms with Crippen LogP contribution in [0, 0.1) is 6.92 Å². The zero-order valence-electron chi connectivity index (χ0n) is 15.1. The predicted octanol–water partition coefficient (Wildman–Crippen LogP) is 0.954. The van der Waals surface area contributed by atoms with E-state index >= 15 is 0 Å². The number of nitrogens with zero attached hydrogens (tertiary/aromatic N) is 3. The summed E-state index contributed by atoms with van der Waals surface area (Å²) in [7, 11) is 1.67. The van der Waals surface area contributed by atoms with Gasteiger partial charge in [-0.2, -0.15) is 0 Å². The monoisotopic (exact) mass is 360 g/mol. The highest BCUT2D eigenvalue weighted by molar-refractivity contribution is 5.76. The molecule has 0 radical (unpaired) electrons. The van der Waals surface area contributed by atoms with Crippen LogP contribution in [0.2, 0.25) is 0 Å². The number of amides is 1. The molecule has 3 rings (SSSR count). The SMILES string of the molecule is Cc1ccc(CCC(=O)N2CCOC(CNc3nccn(C)c3=O)C2)o1. The van der Waals surface area contributed by atoms with E-state index in [2.05, 4.69) is 10.3 Å². The number of furan rings is 1. The summed E-state index contributed by atoms with van der Waals surface area (Å²) in [5, 5.41) is 3.02. The Morgan fingerprint density at radius 2 is 2.27 bits per heavy atom. The van der Waals surface area contributed by atoms with Crippen LogP contribution in [-0.2, 0) is 23.0 Å². The lowest BCUT2D eigenvalue weighted by Crippen LogP contribution is -2.48. The molecule has 0 aromatic carbocycles. The number of ether oxygens (including phenoxy) is 1. The molecule has 1 unspecified atom stereocenters. The fraction of sp³-hybridized carbons (Fsp3) is 0.500. The van der Waals surface area contributed by atoms with E-state index in [1.54, 1.807) is 19.4 Å². The summed E-state index contributed by atoms with van der Waals surface area (Å²) >= 11 is 0. The molecule has 0 aliphatic carbocycles. The van der Waals surface area contributed by atoms with E-state index in [1.807, 2.05) is 24.0 Å². The zero-order valence-corrected chi connectivity index (χ0v) is 15.1. The van der Waals surface area contributed by atoms with Crippen molar-refractivity contribution in [2.75, 3.05) is 31.6 Å². The molecule has 0 bridgehead atoms. The molecular formula is C18H24N4O4. The quantitative estimate of drug-likeness (QED) is 0.825. The van der Waals surface area contributed by atoms with Gasteiger partial charge in [-0.05, 0) is 19.1 Å². The first-order chi connectivity index (χ1) is 12.5. The van der Waals surface area contributed by atoms with Crippen molar-refractivity contribution >= 4 is 11.7 Å². The van der Waals surface area contributed by atoms with E-state index in [4.69, 9.17) is 9.15 Å². The number of carbonyl (C=O) groups is 1. The minimum atomic E-state index is -0.190. The smallest absolute Gasteiger partial charge is 0.293 e. The van der Waals surface area contributed by atoms with Gasteiger partial charge in [0.05, 0.1) is 12.7 Å². The van der Waals surface area contributed by atoms with Gasteiger partial charge in [-0.15, -0.1) is 0 Å². The van der Waals surface area contributed by atoms with E-state index in [0.717, 1.165) is 11.5 Å². The molecule has 26 heavy (non-hydrogen) atoms. The molecule has 1 N–H and O–H groups in total. The first-order valence-corrected chi connectivity index (χ1v) is 8.73. The normalized spacial score (nSPS) is 17.3. The van der Waals surface area contributed by atoms with E-state index < -0.39 is 0 Å². The Hall–Kier alpha value is -2.61. The van der Waals surface area contributed by atoms with Gasteiger partial charge in [0.2, 0.25) is 5.91 Å². The molecule has 1 amide bonds. The van der Waals surface area contributed by atoms with Gasteiger partial charge in [-0.1, -0.05) is 0 Å². The second-order valence-corrected chi connectivity index (χ2v) is 6.42. The number of hydrogen-bond donors (Lipinski definition) is 1. The van der Waals surface area contributed by atoms with Crippen LogP contribution in [0.1, 0.15) is 17.9 Å². The number of morpholine rings is 1. The number of anilines is 1. The average molecular weight is 360 g/mol. The fourth-order valence-corrected chi connectivity index (χ4v) is 2.91. The number of carbonyl (C=O) groups excluding carboxylic acids is 1. The molecule has 2 aromatic rings. The predicted molar refractivity (Wildman–Crippen MR) is 96.1 cm³/mol. The number of aromatic nitrogens is 2. The maximum atomic E-state index is 12.4. The highest BCUT2D eigenvalue weighted by atomic mass is 16.5. The van der Waals surface area contributed by atoms with Crippen molar-refractivity contribution in [3.63, 3.8) is 0 Å². The van der Waals surface area contributed by atoms with Crippen molar-refractivity contribution < 1.29 is 13.9 Å². The molecule has 1 saturated heterocycles. The molecule has 1 atom stereocenters. The Morgan fingerprint density at radius 1 is 1.42 bits per heavy atom. The second-order valence-electron chi connectivity index (χ2n) is 6.42. The minimum absolute atomic E-state index is 0.0844. The molecule has 1 fully saturated rings. The summed E-state index contributed by atoms with van der Waals surface area (Å²) in [6.45, 7) is 3.87. The van der Waals surface area contributed by atoms with Crippen molar-refractivity contribution in [3.05, 3.63) is 46.4 Å². The molecule has 140 valence electrons. The Morgan fingerprint density at radius 3 is 3.04 bits per heavy atom. The zero-order chi connectivity index (χ0) is 18.5. The van der Waals surface area contributed by atoms with Gasteiger partial charge >= 0.3 is 0 Å². The van der Waals surface area contributed by atoms with Crippen LogP contribution in [0.5, 0.6) is 0 Å². The van der Waals surface area contributed by atoms with Crippen LogP contribution in [0.25, 0.3) is 0 Å². The summed E-state index contributed by atoms with van der Waals surface area (Å²) in [5.74, 6) is 2.05. The van der Waals surface area contributed by atoms with Crippen LogP contribution in [-0.4, -0.2) is 52.7 Å². The molecule has 0 spiro atoms. The van der Waals surface area contributed by atoms with E-state index in [0.29, 0.717) is 39.1 Å². The van der Waals surface area contributed by atoms with Crippen LogP contribution in [0.3, 0.4) is 0 Å². The number of nitrogens with one attached hydrogen (secondary N) is 1. The second kappa shape index (κ2) is 8.18. The molecule has 2 aromatic heterocycles. The summed E-state index contributed by atoms with van der Waals surface area (Å²) in [5.41, 5.74) is -0.190. The topological polar surface area (TPSA) is 89.6 Å². The number of hydrogen-bond acceptors (Lipinski definition) is 6. The van der Waals surface area contributed by atoms with Gasteiger partial charge in [0.15, 0.2) is 5.82 Å². The lowest BCUT2D eigenvalue weighted by Gasteiger charge is -2.33. The molecule has 1 aliphatic heterocycles. The van der Waals surface area contributed by atoms with Gasteiger partial charge in [0.25, 0.3) is 5.56 Å². The number of aryl methyl sites for hydroxylation is 3. The van der Waals surface area contributed by atoms with Crippen LogP contribution in [0.15, 0.2) is 33.7 Å². The van der Waals surface area contributed by atoms with Crippen molar-refractivity contribution in [1.82, 2.24) is 14.5 Å². The maximum absolute atomic E-state index is 12.4. The lowest BCUT2D eigenvalue weighted by atomic mass is 10.2. The van der Waals surface area contributed by atoms with Crippen molar-refractivity contribution in [2.24, 2.45) is 7.05 Å². The third-order valence-corrected chi connectivity index (χ3v) is 4.39. The van der Waals surface area contributed by atoms with Crippen molar-refractivity contribution in [2.45, 2.75) is 25.9 Å². The lowest BCUT2D eigenvalue weighted by molar-refractivity contribution is -0.138. The largest absolute Gasteiger partial charge is 0.466 e. The Bertz CT molecular complexity index is 814.